The molecule has 96 valence electrons. The summed E-state index contributed by atoms with van der Waals surface area (Å²) in [7, 11) is 1.40. The van der Waals surface area contributed by atoms with Crippen LogP contribution in [0, 0.1) is 5.92 Å². The number of methoxy groups -OCH3 is 1. The molecule has 1 rings (SSSR count). The number of esters is 1. The smallest absolute Gasteiger partial charge is 0.309 e. The summed E-state index contributed by atoms with van der Waals surface area (Å²) in [5, 5.41) is 3.86. The predicted molar refractivity (Wildman–Crippen MR) is 65.6 cm³/mol. The normalized spacial score (nSPS) is 12.4. The van der Waals surface area contributed by atoms with Crippen LogP contribution in [-0.4, -0.2) is 29.0 Å². The van der Waals surface area contributed by atoms with E-state index < -0.39 is 0 Å². The lowest BCUT2D eigenvalue weighted by Gasteiger charge is -2.06. The van der Waals surface area contributed by atoms with Gasteiger partial charge in [0.15, 0.2) is 5.82 Å². The highest BCUT2D eigenvalue weighted by atomic mass is 32.2. The lowest BCUT2D eigenvalue weighted by Crippen LogP contribution is -2.14. The molecule has 0 bridgehead atoms. The molecule has 0 amide bonds. The Kier molecular flexibility index (Phi) is 6.04. The number of ether oxygens (including phenoxy) is 1. The first-order chi connectivity index (χ1) is 8.17. The Bertz CT molecular complexity index is 354. The Labute approximate surface area is 105 Å². The highest BCUT2D eigenvalue weighted by Gasteiger charge is 2.13. The molecule has 1 aromatic rings. The Morgan fingerprint density at radius 3 is 3.00 bits per heavy atom. The zero-order valence-electron chi connectivity index (χ0n) is 10.4. The number of carbonyl (C=O) groups is 1. The molecule has 0 aliphatic heterocycles. The summed E-state index contributed by atoms with van der Waals surface area (Å²) in [5.41, 5.74) is 0. The number of thioether (sulfide) groups is 1. The Balaban J connectivity index is 2.28. The Hall–Kier alpha value is -1.04. The van der Waals surface area contributed by atoms with Crippen LogP contribution in [0.15, 0.2) is 4.52 Å². The fourth-order valence-corrected chi connectivity index (χ4v) is 2.17. The molecule has 0 aliphatic rings. The minimum atomic E-state index is -0.185. The van der Waals surface area contributed by atoms with Crippen LogP contribution in [0.1, 0.15) is 32.0 Å². The van der Waals surface area contributed by atoms with Crippen LogP contribution in [0.3, 0.4) is 0 Å². The van der Waals surface area contributed by atoms with Crippen molar-refractivity contribution in [2.45, 2.75) is 32.4 Å². The van der Waals surface area contributed by atoms with Gasteiger partial charge in [-0.05, 0) is 6.42 Å². The molecule has 0 unspecified atom stereocenters. The molecule has 0 saturated heterocycles. The van der Waals surface area contributed by atoms with Gasteiger partial charge in [0, 0.05) is 12.2 Å². The zero-order chi connectivity index (χ0) is 12.7. The number of hydrogen-bond donors (Lipinski definition) is 0. The molecule has 0 spiro atoms. The van der Waals surface area contributed by atoms with Gasteiger partial charge in [0.1, 0.15) is 0 Å². The zero-order valence-corrected chi connectivity index (χ0v) is 11.2. The van der Waals surface area contributed by atoms with E-state index in [0.29, 0.717) is 17.4 Å². The molecule has 5 nitrogen and oxygen atoms in total. The van der Waals surface area contributed by atoms with Gasteiger partial charge in [-0.2, -0.15) is 16.7 Å². The van der Waals surface area contributed by atoms with Crippen LogP contribution < -0.4 is 0 Å². The van der Waals surface area contributed by atoms with E-state index in [1.165, 1.54) is 7.11 Å². The van der Waals surface area contributed by atoms with Gasteiger partial charge >= 0.3 is 5.97 Å². The minimum absolute atomic E-state index is 0.108. The van der Waals surface area contributed by atoms with Gasteiger partial charge < -0.3 is 9.26 Å². The summed E-state index contributed by atoms with van der Waals surface area (Å²) in [5.74, 6) is 2.41. The second kappa shape index (κ2) is 7.32. The molecule has 0 aromatic carbocycles. The number of aromatic nitrogens is 2. The van der Waals surface area contributed by atoms with Gasteiger partial charge in [-0.3, -0.25) is 4.79 Å². The summed E-state index contributed by atoms with van der Waals surface area (Å²) >= 11 is 1.59. The van der Waals surface area contributed by atoms with E-state index in [-0.39, 0.29) is 11.9 Å². The monoisotopic (exact) mass is 258 g/mol. The average Bonchev–Trinajstić information content (AvgIpc) is 2.76. The third-order valence-electron chi connectivity index (χ3n) is 2.18. The maximum atomic E-state index is 11.2. The number of rotatable bonds is 7. The van der Waals surface area contributed by atoms with Crippen molar-refractivity contribution in [3.8, 4) is 0 Å². The molecule has 0 saturated carbocycles. The van der Waals surface area contributed by atoms with E-state index in [2.05, 4.69) is 21.8 Å². The summed E-state index contributed by atoms with van der Waals surface area (Å²) < 4.78 is 9.73. The molecule has 0 N–H and O–H groups in total. The predicted octanol–water partition coefficient (Wildman–Crippen LogP) is 2.06. The fourth-order valence-electron chi connectivity index (χ4n) is 1.27. The van der Waals surface area contributed by atoms with Crippen LogP contribution in [0.4, 0.5) is 0 Å². The second-order valence-electron chi connectivity index (χ2n) is 3.79. The maximum absolute atomic E-state index is 11.2. The SMILES string of the molecule is CCCc1noc(CSC[C@@H](C)C(=O)OC)n1. The van der Waals surface area contributed by atoms with E-state index in [9.17, 15) is 4.79 Å². The van der Waals surface area contributed by atoms with Crippen molar-refractivity contribution >= 4 is 17.7 Å². The third kappa shape index (κ3) is 4.77. The van der Waals surface area contributed by atoms with Crippen LogP contribution in [0.2, 0.25) is 0 Å². The fraction of sp³-hybridized carbons (Fsp3) is 0.727. The quantitative estimate of drug-likeness (QED) is 0.697. The standard InChI is InChI=1S/C11H18N2O3S/c1-4-5-9-12-10(16-13-9)7-17-6-8(2)11(14)15-3/h8H,4-7H2,1-3H3/t8-/m1/s1. The number of nitrogens with zero attached hydrogens (tertiary/aromatic N) is 2. The van der Waals surface area contributed by atoms with Crippen LogP contribution in [0.5, 0.6) is 0 Å². The van der Waals surface area contributed by atoms with E-state index >= 15 is 0 Å². The summed E-state index contributed by atoms with van der Waals surface area (Å²) in [4.78, 5) is 15.4. The Morgan fingerprint density at radius 2 is 2.35 bits per heavy atom. The average molecular weight is 258 g/mol. The van der Waals surface area contributed by atoms with E-state index in [1.807, 2.05) is 6.92 Å². The summed E-state index contributed by atoms with van der Waals surface area (Å²) in [6, 6.07) is 0. The van der Waals surface area contributed by atoms with Gasteiger partial charge in [-0.15, -0.1) is 0 Å². The molecule has 1 aromatic heterocycles. The van der Waals surface area contributed by atoms with Crippen LogP contribution in [0.25, 0.3) is 0 Å². The van der Waals surface area contributed by atoms with Gasteiger partial charge in [-0.1, -0.05) is 19.0 Å². The van der Waals surface area contributed by atoms with E-state index in [4.69, 9.17) is 4.52 Å². The van der Waals surface area contributed by atoms with Crippen molar-refractivity contribution in [2.75, 3.05) is 12.9 Å². The molecular formula is C11H18N2O3S. The van der Waals surface area contributed by atoms with Gasteiger partial charge in [0.05, 0.1) is 18.8 Å². The highest BCUT2D eigenvalue weighted by molar-refractivity contribution is 7.98. The molecule has 6 heteroatoms. The molecule has 1 heterocycles. The van der Waals surface area contributed by atoms with Gasteiger partial charge in [-0.25, -0.2) is 0 Å². The second-order valence-corrected chi connectivity index (χ2v) is 4.82. The van der Waals surface area contributed by atoms with Gasteiger partial charge in [0.2, 0.25) is 5.89 Å². The van der Waals surface area contributed by atoms with Crippen molar-refractivity contribution in [3.05, 3.63) is 11.7 Å². The largest absolute Gasteiger partial charge is 0.469 e. The topological polar surface area (TPSA) is 65.2 Å². The van der Waals surface area contributed by atoms with Gasteiger partial charge in [0.25, 0.3) is 0 Å². The highest BCUT2D eigenvalue weighted by Crippen LogP contribution is 2.15. The first-order valence-electron chi connectivity index (χ1n) is 5.64. The first kappa shape index (κ1) is 14.0. The minimum Gasteiger partial charge on any atom is -0.469 e. The van der Waals surface area contributed by atoms with E-state index in [1.54, 1.807) is 11.8 Å². The van der Waals surface area contributed by atoms with Crippen LogP contribution >= 0.6 is 11.8 Å². The number of carbonyl (C=O) groups excluding carboxylic acids is 1. The van der Waals surface area contributed by atoms with Crippen molar-refractivity contribution in [3.63, 3.8) is 0 Å². The molecule has 0 radical (unpaired) electrons. The van der Waals surface area contributed by atoms with Crippen molar-refractivity contribution in [2.24, 2.45) is 5.92 Å². The molecule has 17 heavy (non-hydrogen) atoms. The molecule has 1 atom stereocenters. The van der Waals surface area contributed by atoms with E-state index in [0.717, 1.165) is 18.7 Å². The molecule has 0 fully saturated rings. The van der Waals surface area contributed by atoms with Crippen molar-refractivity contribution in [1.82, 2.24) is 10.1 Å². The third-order valence-corrected chi connectivity index (χ3v) is 3.37. The first-order valence-corrected chi connectivity index (χ1v) is 6.79. The summed E-state index contributed by atoms with van der Waals surface area (Å²) in [6.45, 7) is 3.91. The lowest BCUT2D eigenvalue weighted by molar-refractivity contribution is -0.143. The number of aryl methyl sites for hydroxylation is 1. The molecular weight excluding hydrogens is 240 g/mol. The Morgan fingerprint density at radius 1 is 1.59 bits per heavy atom. The van der Waals surface area contributed by atoms with Crippen molar-refractivity contribution in [1.29, 1.82) is 0 Å². The number of hydrogen-bond acceptors (Lipinski definition) is 6. The van der Waals surface area contributed by atoms with Crippen LogP contribution in [-0.2, 0) is 21.7 Å². The molecule has 0 aliphatic carbocycles. The lowest BCUT2D eigenvalue weighted by atomic mass is 10.2. The maximum Gasteiger partial charge on any atom is 0.309 e. The van der Waals surface area contributed by atoms with Crippen molar-refractivity contribution < 1.29 is 14.1 Å². The summed E-state index contributed by atoms with van der Waals surface area (Å²) in [6.07, 6.45) is 1.85.